The molecule has 0 radical (unpaired) electrons. The van der Waals surface area contributed by atoms with Gasteiger partial charge in [-0.15, -0.1) is 11.3 Å². The quantitative estimate of drug-likeness (QED) is 0.769. The Bertz CT molecular complexity index is 385. The summed E-state index contributed by atoms with van der Waals surface area (Å²) in [6, 6.07) is 3.77. The monoisotopic (exact) mass is 255 g/mol. The first-order valence-corrected chi connectivity index (χ1v) is 6.50. The van der Waals surface area contributed by atoms with Gasteiger partial charge in [-0.1, -0.05) is 0 Å². The number of nitrogens with zero attached hydrogens (tertiary/aromatic N) is 1. The molecule has 0 N–H and O–H groups in total. The van der Waals surface area contributed by atoms with Gasteiger partial charge < -0.3 is 9.47 Å². The van der Waals surface area contributed by atoms with Crippen LogP contribution in [0.1, 0.15) is 15.8 Å². The van der Waals surface area contributed by atoms with Crippen LogP contribution in [0.2, 0.25) is 0 Å². The fourth-order valence-electron chi connectivity index (χ4n) is 1.99. The highest BCUT2D eigenvalue weighted by Gasteiger charge is 2.30. The molecule has 2 heterocycles. The standard InChI is InChI=1S/C12H17NO3S/c1-9-3-4-10(17-9)11(12(14)15-2)13-5-7-16-8-6-13/h3-4,11H,5-8H2,1-2H3. The minimum Gasteiger partial charge on any atom is -0.468 e. The lowest BCUT2D eigenvalue weighted by Crippen LogP contribution is -2.42. The summed E-state index contributed by atoms with van der Waals surface area (Å²) in [6.07, 6.45) is 0. The maximum atomic E-state index is 11.9. The molecule has 94 valence electrons. The van der Waals surface area contributed by atoms with Gasteiger partial charge in [-0.3, -0.25) is 4.90 Å². The smallest absolute Gasteiger partial charge is 0.328 e. The van der Waals surface area contributed by atoms with Crippen molar-refractivity contribution < 1.29 is 14.3 Å². The molecule has 1 unspecified atom stereocenters. The van der Waals surface area contributed by atoms with Gasteiger partial charge in [-0.05, 0) is 19.1 Å². The van der Waals surface area contributed by atoms with Crippen LogP contribution in [0.25, 0.3) is 0 Å². The van der Waals surface area contributed by atoms with Crippen molar-refractivity contribution in [1.82, 2.24) is 4.90 Å². The van der Waals surface area contributed by atoms with E-state index in [1.165, 1.54) is 12.0 Å². The van der Waals surface area contributed by atoms with E-state index in [-0.39, 0.29) is 12.0 Å². The average molecular weight is 255 g/mol. The number of aryl methyl sites for hydroxylation is 1. The van der Waals surface area contributed by atoms with E-state index in [2.05, 4.69) is 4.90 Å². The number of carbonyl (C=O) groups is 1. The molecule has 1 fully saturated rings. The Hall–Kier alpha value is -0.910. The zero-order chi connectivity index (χ0) is 12.3. The number of methoxy groups -OCH3 is 1. The van der Waals surface area contributed by atoms with Crippen LogP contribution in [0.4, 0.5) is 0 Å². The molecule has 1 aliphatic heterocycles. The fraction of sp³-hybridized carbons (Fsp3) is 0.583. The molecule has 4 nitrogen and oxygen atoms in total. The minimum atomic E-state index is -0.275. The maximum absolute atomic E-state index is 11.9. The number of esters is 1. The van der Waals surface area contributed by atoms with Crippen molar-refractivity contribution in [2.24, 2.45) is 0 Å². The van der Waals surface area contributed by atoms with Crippen LogP contribution in [0.15, 0.2) is 12.1 Å². The first-order valence-electron chi connectivity index (χ1n) is 5.68. The first kappa shape index (κ1) is 12.5. The van der Waals surface area contributed by atoms with Crippen LogP contribution in [-0.4, -0.2) is 44.3 Å². The molecule has 17 heavy (non-hydrogen) atoms. The summed E-state index contributed by atoms with van der Waals surface area (Å²) in [5.41, 5.74) is 0. The van der Waals surface area contributed by atoms with Crippen molar-refractivity contribution in [3.05, 3.63) is 21.9 Å². The lowest BCUT2D eigenvalue weighted by atomic mass is 10.2. The van der Waals surface area contributed by atoms with Crippen molar-refractivity contribution in [3.63, 3.8) is 0 Å². The largest absolute Gasteiger partial charge is 0.468 e. The number of hydrogen-bond donors (Lipinski definition) is 0. The van der Waals surface area contributed by atoms with Crippen molar-refractivity contribution >= 4 is 17.3 Å². The molecule has 0 aliphatic carbocycles. The molecule has 1 aliphatic rings. The summed E-state index contributed by atoms with van der Waals surface area (Å²) in [5.74, 6) is -0.186. The molecule has 1 saturated heterocycles. The Kier molecular flexibility index (Phi) is 4.15. The molecule has 1 atom stereocenters. The third-order valence-electron chi connectivity index (χ3n) is 2.87. The SMILES string of the molecule is COC(=O)C(c1ccc(C)s1)N1CCOCC1. The molecular weight excluding hydrogens is 238 g/mol. The summed E-state index contributed by atoms with van der Waals surface area (Å²) in [5, 5.41) is 0. The number of rotatable bonds is 3. The summed E-state index contributed by atoms with van der Waals surface area (Å²) < 4.78 is 10.2. The van der Waals surface area contributed by atoms with E-state index in [0.29, 0.717) is 13.2 Å². The van der Waals surface area contributed by atoms with E-state index < -0.39 is 0 Å². The highest BCUT2D eigenvalue weighted by Crippen LogP contribution is 2.29. The third kappa shape index (κ3) is 2.86. The van der Waals surface area contributed by atoms with E-state index >= 15 is 0 Å². The lowest BCUT2D eigenvalue weighted by Gasteiger charge is -2.32. The maximum Gasteiger partial charge on any atom is 0.328 e. The van der Waals surface area contributed by atoms with E-state index in [0.717, 1.165) is 18.0 Å². The summed E-state index contributed by atoms with van der Waals surface area (Å²) in [6.45, 7) is 4.95. The molecule has 0 bridgehead atoms. The topological polar surface area (TPSA) is 38.8 Å². The Morgan fingerprint density at radius 1 is 1.47 bits per heavy atom. The Morgan fingerprint density at radius 3 is 2.71 bits per heavy atom. The normalized spacial score (nSPS) is 18.9. The van der Waals surface area contributed by atoms with E-state index in [1.54, 1.807) is 11.3 Å². The molecule has 0 saturated carbocycles. The van der Waals surface area contributed by atoms with Crippen LogP contribution in [0.5, 0.6) is 0 Å². The predicted octanol–water partition coefficient (Wildman–Crippen LogP) is 1.60. The molecule has 1 aromatic heterocycles. The fourth-order valence-corrected chi connectivity index (χ4v) is 2.99. The van der Waals surface area contributed by atoms with Crippen molar-refractivity contribution in [3.8, 4) is 0 Å². The van der Waals surface area contributed by atoms with Crippen LogP contribution in [-0.2, 0) is 14.3 Å². The minimum absolute atomic E-state index is 0.186. The number of hydrogen-bond acceptors (Lipinski definition) is 5. The van der Waals surface area contributed by atoms with Crippen LogP contribution in [0.3, 0.4) is 0 Å². The summed E-state index contributed by atoms with van der Waals surface area (Å²) in [7, 11) is 1.44. The molecule has 0 spiro atoms. The molecule has 0 aromatic carbocycles. The van der Waals surface area contributed by atoms with Crippen LogP contribution in [0, 0.1) is 6.92 Å². The average Bonchev–Trinajstić information content (AvgIpc) is 2.77. The highest BCUT2D eigenvalue weighted by molar-refractivity contribution is 7.12. The van der Waals surface area contributed by atoms with E-state index in [9.17, 15) is 4.79 Å². The third-order valence-corrected chi connectivity index (χ3v) is 3.92. The predicted molar refractivity (Wildman–Crippen MR) is 66.2 cm³/mol. The zero-order valence-electron chi connectivity index (χ0n) is 10.1. The first-order chi connectivity index (χ1) is 8.22. The van der Waals surface area contributed by atoms with Crippen molar-refractivity contribution in [2.45, 2.75) is 13.0 Å². The van der Waals surface area contributed by atoms with Gasteiger partial charge in [0, 0.05) is 22.8 Å². The summed E-state index contributed by atoms with van der Waals surface area (Å²) >= 11 is 1.65. The van der Waals surface area contributed by atoms with Crippen molar-refractivity contribution in [2.75, 3.05) is 33.4 Å². The number of ether oxygens (including phenoxy) is 2. The summed E-state index contributed by atoms with van der Waals surface area (Å²) in [4.78, 5) is 16.3. The van der Waals surface area contributed by atoms with Gasteiger partial charge in [0.25, 0.3) is 0 Å². The number of morpholine rings is 1. The van der Waals surface area contributed by atoms with Gasteiger partial charge in [0.05, 0.1) is 20.3 Å². The van der Waals surface area contributed by atoms with Gasteiger partial charge in [0.1, 0.15) is 6.04 Å². The molecule has 5 heteroatoms. The second-order valence-corrected chi connectivity index (χ2v) is 5.34. The second-order valence-electron chi connectivity index (χ2n) is 4.02. The molecular formula is C12H17NO3S. The van der Waals surface area contributed by atoms with Gasteiger partial charge in [0.2, 0.25) is 0 Å². The number of thiophene rings is 1. The number of carbonyl (C=O) groups excluding carboxylic acids is 1. The van der Waals surface area contributed by atoms with Crippen molar-refractivity contribution in [1.29, 1.82) is 0 Å². The van der Waals surface area contributed by atoms with Gasteiger partial charge in [-0.2, -0.15) is 0 Å². The Labute approximate surface area is 105 Å². The van der Waals surface area contributed by atoms with Crippen LogP contribution < -0.4 is 0 Å². The van der Waals surface area contributed by atoms with Gasteiger partial charge >= 0.3 is 5.97 Å². The van der Waals surface area contributed by atoms with E-state index in [4.69, 9.17) is 9.47 Å². The zero-order valence-corrected chi connectivity index (χ0v) is 11.0. The lowest BCUT2D eigenvalue weighted by molar-refractivity contribution is -0.149. The van der Waals surface area contributed by atoms with Gasteiger partial charge in [-0.25, -0.2) is 4.79 Å². The second kappa shape index (κ2) is 5.62. The van der Waals surface area contributed by atoms with Crippen LogP contribution >= 0.6 is 11.3 Å². The molecule has 1 aromatic rings. The Balaban J connectivity index is 2.21. The molecule has 0 amide bonds. The molecule has 2 rings (SSSR count). The highest BCUT2D eigenvalue weighted by atomic mass is 32.1. The van der Waals surface area contributed by atoms with E-state index in [1.807, 2.05) is 19.1 Å². The van der Waals surface area contributed by atoms with Gasteiger partial charge in [0.15, 0.2) is 0 Å². The Morgan fingerprint density at radius 2 is 2.18 bits per heavy atom.